The van der Waals surface area contributed by atoms with Gasteiger partial charge in [-0.2, -0.15) is 0 Å². The third kappa shape index (κ3) is 5.12. The van der Waals surface area contributed by atoms with Gasteiger partial charge in [-0.05, 0) is 42.5 Å². The van der Waals surface area contributed by atoms with E-state index in [0.717, 1.165) is 31.4 Å². The van der Waals surface area contributed by atoms with Crippen LogP contribution in [-0.4, -0.2) is 24.5 Å². The fourth-order valence-electron chi connectivity index (χ4n) is 3.21. The van der Waals surface area contributed by atoms with Gasteiger partial charge in [0.25, 0.3) is 5.91 Å². The first-order chi connectivity index (χ1) is 13.0. The molecule has 1 amide bonds. The van der Waals surface area contributed by atoms with Gasteiger partial charge in [0.05, 0.1) is 5.56 Å². The number of carbonyl (C=O) groups excluding carboxylic acids is 2. The number of ether oxygens (including phenoxy) is 1. The Balaban J connectivity index is 1.38. The molecule has 6 heteroatoms. The molecule has 3 rings (SSSR count). The first kappa shape index (κ1) is 19.0. The lowest BCUT2D eigenvalue weighted by atomic mass is 9.90. The van der Waals surface area contributed by atoms with E-state index in [1.54, 1.807) is 0 Å². The summed E-state index contributed by atoms with van der Waals surface area (Å²) in [4.78, 5) is 23.9. The molecule has 1 aliphatic carbocycles. The summed E-state index contributed by atoms with van der Waals surface area (Å²) in [6, 6.07) is 10.9. The topological polar surface area (TPSA) is 55.4 Å². The SMILES string of the molecule is O=C(CCCNC(=O)c1ccc(F)cc1F)OC1CCc2ccccc2C1. The molecule has 0 bridgehead atoms. The van der Waals surface area contributed by atoms with Gasteiger partial charge in [-0.3, -0.25) is 9.59 Å². The van der Waals surface area contributed by atoms with Crippen LogP contribution in [0.5, 0.6) is 0 Å². The highest BCUT2D eigenvalue weighted by Gasteiger charge is 2.21. The molecule has 0 aliphatic heterocycles. The van der Waals surface area contributed by atoms with E-state index in [4.69, 9.17) is 4.74 Å². The minimum absolute atomic E-state index is 0.115. The van der Waals surface area contributed by atoms with Gasteiger partial charge in [-0.1, -0.05) is 24.3 Å². The molecule has 1 aliphatic rings. The van der Waals surface area contributed by atoms with E-state index in [0.29, 0.717) is 12.5 Å². The van der Waals surface area contributed by atoms with Gasteiger partial charge in [-0.15, -0.1) is 0 Å². The molecule has 0 fully saturated rings. The number of rotatable bonds is 6. The number of amides is 1. The van der Waals surface area contributed by atoms with Crippen molar-refractivity contribution in [1.29, 1.82) is 0 Å². The Labute approximate surface area is 156 Å². The van der Waals surface area contributed by atoms with Crippen LogP contribution in [0.2, 0.25) is 0 Å². The lowest BCUT2D eigenvalue weighted by molar-refractivity contribution is -0.149. The van der Waals surface area contributed by atoms with Crippen molar-refractivity contribution in [3.8, 4) is 0 Å². The van der Waals surface area contributed by atoms with Gasteiger partial charge in [0.2, 0.25) is 0 Å². The molecule has 0 spiro atoms. The summed E-state index contributed by atoms with van der Waals surface area (Å²) in [5.74, 6) is -2.59. The zero-order valence-corrected chi connectivity index (χ0v) is 14.8. The molecule has 1 atom stereocenters. The van der Waals surface area contributed by atoms with Crippen LogP contribution in [0.1, 0.15) is 40.7 Å². The highest BCUT2D eigenvalue weighted by molar-refractivity contribution is 5.94. The zero-order chi connectivity index (χ0) is 19.2. The maximum Gasteiger partial charge on any atom is 0.306 e. The van der Waals surface area contributed by atoms with Crippen molar-refractivity contribution in [2.75, 3.05) is 6.54 Å². The summed E-state index contributed by atoms with van der Waals surface area (Å²) >= 11 is 0. The van der Waals surface area contributed by atoms with Gasteiger partial charge >= 0.3 is 5.97 Å². The fraction of sp³-hybridized carbons (Fsp3) is 0.333. The minimum Gasteiger partial charge on any atom is -0.462 e. The Morgan fingerprint density at radius 2 is 1.89 bits per heavy atom. The maximum absolute atomic E-state index is 13.5. The molecular formula is C21H21F2NO3. The van der Waals surface area contributed by atoms with Crippen LogP contribution in [0.3, 0.4) is 0 Å². The average Bonchev–Trinajstić information content (AvgIpc) is 2.65. The summed E-state index contributed by atoms with van der Waals surface area (Å²) in [6.07, 6.45) is 2.87. The monoisotopic (exact) mass is 373 g/mol. The summed E-state index contributed by atoms with van der Waals surface area (Å²) in [7, 11) is 0. The highest BCUT2D eigenvalue weighted by atomic mass is 19.1. The van der Waals surface area contributed by atoms with E-state index >= 15 is 0 Å². The molecule has 1 unspecified atom stereocenters. The van der Waals surface area contributed by atoms with E-state index in [2.05, 4.69) is 17.4 Å². The Kier molecular flexibility index (Phi) is 6.16. The van der Waals surface area contributed by atoms with Gasteiger partial charge in [0, 0.05) is 25.5 Å². The molecule has 0 saturated heterocycles. The lowest BCUT2D eigenvalue weighted by Gasteiger charge is -2.24. The van der Waals surface area contributed by atoms with Crippen molar-refractivity contribution in [1.82, 2.24) is 5.32 Å². The molecular weight excluding hydrogens is 352 g/mol. The molecule has 0 saturated carbocycles. The quantitative estimate of drug-likeness (QED) is 0.622. The van der Waals surface area contributed by atoms with E-state index in [9.17, 15) is 18.4 Å². The van der Waals surface area contributed by atoms with Crippen LogP contribution in [0.4, 0.5) is 8.78 Å². The second kappa shape index (κ2) is 8.75. The molecule has 2 aromatic rings. The highest BCUT2D eigenvalue weighted by Crippen LogP contribution is 2.23. The van der Waals surface area contributed by atoms with Gasteiger partial charge < -0.3 is 10.1 Å². The van der Waals surface area contributed by atoms with Gasteiger partial charge in [0.15, 0.2) is 0 Å². The molecule has 0 aromatic heterocycles. The van der Waals surface area contributed by atoms with Crippen molar-refractivity contribution in [2.45, 2.75) is 38.2 Å². The number of esters is 1. The molecule has 0 radical (unpaired) electrons. The first-order valence-corrected chi connectivity index (χ1v) is 9.02. The summed E-state index contributed by atoms with van der Waals surface area (Å²) < 4.78 is 31.9. The van der Waals surface area contributed by atoms with Gasteiger partial charge in [-0.25, -0.2) is 8.78 Å². The van der Waals surface area contributed by atoms with Crippen LogP contribution in [0, 0.1) is 11.6 Å². The third-order valence-electron chi connectivity index (χ3n) is 4.62. The van der Waals surface area contributed by atoms with E-state index in [1.807, 2.05) is 12.1 Å². The summed E-state index contributed by atoms with van der Waals surface area (Å²) in [5.41, 5.74) is 2.30. The number of hydrogen-bond donors (Lipinski definition) is 1. The normalized spacial score (nSPS) is 15.7. The van der Waals surface area contributed by atoms with Gasteiger partial charge in [0.1, 0.15) is 17.7 Å². The molecule has 27 heavy (non-hydrogen) atoms. The Morgan fingerprint density at radius 3 is 2.67 bits per heavy atom. The molecule has 0 heterocycles. The second-order valence-corrected chi connectivity index (χ2v) is 6.61. The summed E-state index contributed by atoms with van der Waals surface area (Å²) in [6.45, 7) is 0.207. The predicted molar refractivity (Wildman–Crippen MR) is 96.3 cm³/mol. The first-order valence-electron chi connectivity index (χ1n) is 9.02. The van der Waals surface area contributed by atoms with Crippen molar-refractivity contribution in [2.24, 2.45) is 0 Å². The molecule has 2 aromatic carbocycles. The smallest absolute Gasteiger partial charge is 0.306 e. The minimum atomic E-state index is -0.913. The fourth-order valence-corrected chi connectivity index (χ4v) is 3.21. The Bertz CT molecular complexity index is 838. The Hall–Kier alpha value is -2.76. The van der Waals surface area contributed by atoms with E-state index in [1.165, 1.54) is 11.1 Å². The summed E-state index contributed by atoms with van der Waals surface area (Å²) in [5, 5.41) is 2.52. The standard InChI is InChI=1S/C21H21F2NO3/c22-16-8-10-18(19(23)13-16)21(26)24-11-3-6-20(25)27-17-9-7-14-4-1-2-5-15(14)12-17/h1-2,4-5,8,10,13,17H,3,6-7,9,11-12H2,(H,24,26). The number of fused-ring (bicyclic) bond motifs is 1. The number of nitrogens with one attached hydrogen (secondary N) is 1. The molecule has 142 valence electrons. The number of hydrogen-bond acceptors (Lipinski definition) is 3. The number of carbonyl (C=O) groups is 2. The predicted octanol–water partition coefficient (Wildman–Crippen LogP) is 3.58. The molecule has 4 nitrogen and oxygen atoms in total. The molecule has 1 N–H and O–H groups in total. The van der Waals surface area contributed by atoms with Crippen molar-refractivity contribution >= 4 is 11.9 Å². The average molecular weight is 373 g/mol. The number of aryl methyl sites for hydroxylation is 1. The lowest BCUT2D eigenvalue weighted by Crippen LogP contribution is -2.27. The van der Waals surface area contributed by atoms with Crippen LogP contribution in [-0.2, 0) is 22.4 Å². The Morgan fingerprint density at radius 1 is 1.11 bits per heavy atom. The number of benzene rings is 2. The van der Waals surface area contributed by atoms with Crippen molar-refractivity contribution in [3.05, 3.63) is 70.8 Å². The number of halogens is 2. The third-order valence-corrected chi connectivity index (χ3v) is 4.62. The van der Waals surface area contributed by atoms with Crippen LogP contribution in [0.15, 0.2) is 42.5 Å². The van der Waals surface area contributed by atoms with Crippen LogP contribution >= 0.6 is 0 Å². The maximum atomic E-state index is 13.5. The largest absolute Gasteiger partial charge is 0.462 e. The van der Waals surface area contributed by atoms with Crippen molar-refractivity contribution < 1.29 is 23.1 Å². The second-order valence-electron chi connectivity index (χ2n) is 6.61. The van der Waals surface area contributed by atoms with Crippen molar-refractivity contribution in [3.63, 3.8) is 0 Å². The van der Waals surface area contributed by atoms with E-state index in [-0.39, 0.29) is 30.6 Å². The van der Waals surface area contributed by atoms with E-state index < -0.39 is 17.5 Å². The zero-order valence-electron chi connectivity index (χ0n) is 14.8. The van der Waals surface area contributed by atoms with Crippen LogP contribution in [0.25, 0.3) is 0 Å². The van der Waals surface area contributed by atoms with Crippen LogP contribution < -0.4 is 5.32 Å².